The van der Waals surface area contributed by atoms with Gasteiger partial charge in [0.2, 0.25) is 0 Å². The normalized spacial score (nSPS) is 11.8. The monoisotopic (exact) mass is 493 g/mol. The number of rotatable bonds is 8. The molecule has 4 aromatic rings. The smallest absolute Gasteiger partial charge is 0.368 e. The van der Waals surface area contributed by atoms with E-state index >= 15 is 0 Å². The summed E-state index contributed by atoms with van der Waals surface area (Å²) >= 11 is 1.49. The van der Waals surface area contributed by atoms with Crippen molar-refractivity contribution in [3.05, 3.63) is 77.1 Å². The van der Waals surface area contributed by atoms with Crippen LogP contribution >= 0.6 is 11.3 Å². The van der Waals surface area contributed by atoms with Crippen LogP contribution in [0.3, 0.4) is 0 Å². The first-order valence-corrected chi connectivity index (χ1v) is 12.0. The zero-order chi connectivity index (χ0) is 23.5. The molecule has 4 rings (SSSR count). The van der Waals surface area contributed by atoms with Crippen molar-refractivity contribution in [2.45, 2.75) is 11.1 Å². The van der Waals surface area contributed by atoms with Gasteiger partial charge >= 0.3 is 6.18 Å². The SMILES string of the molecule is O=S(=O)(Nc1ccn[nH]1)c1ccc(-c2ccsc2)c(NCNc2cccc(C(F)(F)F)c2)c1. The number of aromatic nitrogens is 2. The minimum atomic E-state index is -4.44. The van der Waals surface area contributed by atoms with Crippen molar-refractivity contribution < 1.29 is 21.6 Å². The lowest BCUT2D eigenvalue weighted by Crippen LogP contribution is -2.16. The summed E-state index contributed by atoms with van der Waals surface area (Å²) in [5.74, 6) is 0.220. The molecule has 0 aliphatic carbocycles. The van der Waals surface area contributed by atoms with Gasteiger partial charge < -0.3 is 10.6 Å². The zero-order valence-electron chi connectivity index (χ0n) is 16.8. The van der Waals surface area contributed by atoms with Crippen molar-refractivity contribution in [2.75, 3.05) is 22.0 Å². The lowest BCUT2D eigenvalue weighted by molar-refractivity contribution is -0.137. The Morgan fingerprint density at radius 2 is 1.88 bits per heavy atom. The molecule has 172 valence electrons. The molecule has 0 amide bonds. The Hall–Kier alpha value is -3.51. The topological polar surface area (TPSA) is 98.9 Å². The summed E-state index contributed by atoms with van der Waals surface area (Å²) in [6, 6.07) is 12.8. The fourth-order valence-electron chi connectivity index (χ4n) is 3.07. The summed E-state index contributed by atoms with van der Waals surface area (Å²) in [5.41, 5.74) is 1.65. The standard InChI is InChI=1S/C21H18F3N5O2S2/c22-21(23,24)15-2-1-3-16(10-15)25-13-26-19-11-17(4-5-18(19)14-7-9-32-12-14)33(30,31)29-20-6-8-27-28-20/h1-12,25-26H,13H2,(H2,27,28,29). The lowest BCUT2D eigenvalue weighted by atomic mass is 10.1. The van der Waals surface area contributed by atoms with E-state index in [1.165, 1.54) is 47.9 Å². The van der Waals surface area contributed by atoms with Crippen LogP contribution < -0.4 is 15.4 Å². The summed E-state index contributed by atoms with van der Waals surface area (Å²) in [6.45, 7) is 0.0654. The molecule has 0 aliphatic heterocycles. The van der Waals surface area contributed by atoms with Gasteiger partial charge in [0.25, 0.3) is 10.0 Å². The quantitative estimate of drug-likeness (QED) is 0.245. The third kappa shape index (κ3) is 5.46. The number of anilines is 3. The Morgan fingerprint density at radius 1 is 1.03 bits per heavy atom. The molecule has 0 aliphatic rings. The molecule has 7 nitrogen and oxygen atoms in total. The third-order valence-corrected chi connectivity index (χ3v) is 6.69. The fourth-order valence-corrected chi connectivity index (χ4v) is 4.77. The van der Waals surface area contributed by atoms with Crippen molar-refractivity contribution in [3.63, 3.8) is 0 Å². The van der Waals surface area contributed by atoms with Gasteiger partial charge in [-0.05, 0) is 52.7 Å². The van der Waals surface area contributed by atoms with Crippen molar-refractivity contribution in [2.24, 2.45) is 0 Å². The second-order valence-corrected chi connectivity index (χ2v) is 9.37. The molecule has 0 saturated carbocycles. The lowest BCUT2D eigenvalue weighted by Gasteiger charge is -2.16. The third-order valence-electron chi connectivity index (χ3n) is 4.64. The number of hydrogen-bond donors (Lipinski definition) is 4. The molecular weight excluding hydrogens is 475 g/mol. The number of halogens is 3. The zero-order valence-corrected chi connectivity index (χ0v) is 18.5. The van der Waals surface area contributed by atoms with E-state index in [0.29, 0.717) is 5.69 Å². The molecule has 0 fully saturated rings. The number of benzene rings is 2. The maximum absolute atomic E-state index is 12.9. The molecular formula is C21H18F3N5O2S2. The summed E-state index contributed by atoms with van der Waals surface area (Å²) in [5, 5.41) is 16.0. The van der Waals surface area contributed by atoms with Crippen molar-refractivity contribution >= 4 is 38.6 Å². The summed E-state index contributed by atoms with van der Waals surface area (Å²) in [6.07, 6.45) is -3.02. The van der Waals surface area contributed by atoms with Crippen LogP contribution in [0.1, 0.15) is 5.56 Å². The Labute approximate surface area is 191 Å². The van der Waals surface area contributed by atoms with Crippen LogP contribution in [0.25, 0.3) is 11.1 Å². The van der Waals surface area contributed by atoms with Gasteiger partial charge in [-0.2, -0.15) is 29.6 Å². The molecule has 0 unspecified atom stereocenters. The van der Waals surface area contributed by atoms with Gasteiger partial charge in [-0.1, -0.05) is 12.1 Å². The van der Waals surface area contributed by atoms with Crippen LogP contribution in [0.4, 0.5) is 30.4 Å². The minimum Gasteiger partial charge on any atom is -0.368 e. The predicted octanol–water partition coefficient (Wildman–Crippen LogP) is 5.44. The molecule has 2 heterocycles. The van der Waals surface area contributed by atoms with Crippen LogP contribution in [-0.4, -0.2) is 25.3 Å². The maximum Gasteiger partial charge on any atom is 0.416 e. The van der Waals surface area contributed by atoms with E-state index in [-0.39, 0.29) is 23.1 Å². The minimum absolute atomic E-state index is 0.0117. The number of thiophene rings is 1. The van der Waals surface area contributed by atoms with Gasteiger partial charge in [-0.25, -0.2) is 8.42 Å². The van der Waals surface area contributed by atoms with Crippen molar-refractivity contribution in [3.8, 4) is 11.1 Å². The molecule has 33 heavy (non-hydrogen) atoms. The average Bonchev–Trinajstić information content (AvgIpc) is 3.47. The Bertz CT molecular complexity index is 1320. The highest BCUT2D eigenvalue weighted by Crippen LogP contribution is 2.33. The highest BCUT2D eigenvalue weighted by Gasteiger charge is 2.30. The van der Waals surface area contributed by atoms with E-state index in [0.717, 1.165) is 23.3 Å². The number of H-pyrrole nitrogens is 1. The van der Waals surface area contributed by atoms with Gasteiger partial charge in [0.05, 0.1) is 23.3 Å². The van der Waals surface area contributed by atoms with Crippen LogP contribution in [0, 0.1) is 0 Å². The molecule has 0 atom stereocenters. The first-order chi connectivity index (χ1) is 15.7. The van der Waals surface area contributed by atoms with Gasteiger partial charge in [0, 0.05) is 23.0 Å². The number of sulfonamides is 1. The molecule has 12 heteroatoms. The first-order valence-electron chi connectivity index (χ1n) is 9.56. The summed E-state index contributed by atoms with van der Waals surface area (Å²) < 4.78 is 66.8. The Kier molecular flexibility index (Phi) is 6.29. The van der Waals surface area contributed by atoms with Crippen LogP contribution in [0.15, 0.2) is 76.4 Å². The second-order valence-electron chi connectivity index (χ2n) is 6.90. The van der Waals surface area contributed by atoms with Crippen LogP contribution in [0.5, 0.6) is 0 Å². The number of nitrogens with zero attached hydrogens (tertiary/aromatic N) is 1. The molecule has 2 aromatic carbocycles. The maximum atomic E-state index is 12.9. The Balaban J connectivity index is 1.57. The van der Waals surface area contributed by atoms with Gasteiger partial charge in [-0.15, -0.1) is 0 Å². The highest BCUT2D eigenvalue weighted by molar-refractivity contribution is 7.92. The highest BCUT2D eigenvalue weighted by atomic mass is 32.2. The van der Waals surface area contributed by atoms with Crippen LogP contribution in [-0.2, 0) is 16.2 Å². The van der Waals surface area contributed by atoms with E-state index in [2.05, 4.69) is 25.6 Å². The van der Waals surface area contributed by atoms with Crippen molar-refractivity contribution in [1.82, 2.24) is 10.2 Å². The van der Waals surface area contributed by atoms with Crippen LogP contribution in [0.2, 0.25) is 0 Å². The Morgan fingerprint density at radius 3 is 2.58 bits per heavy atom. The molecule has 4 N–H and O–H groups in total. The second kappa shape index (κ2) is 9.16. The van der Waals surface area contributed by atoms with Crippen molar-refractivity contribution in [1.29, 1.82) is 0 Å². The molecule has 0 spiro atoms. The predicted molar refractivity (Wildman–Crippen MR) is 123 cm³/mol. The van der Waals surface area contributed by atoms with E-state index in [1.807, 2.05) is 16.8 Å². The molecule has 0 bridgehead atoms. The van der Waals surface area contributed by atoms with E-state index in [9.17, 15) is 21.6 Å². The van der Waals surface area contributed by atoms with Gasteiger partial charge in [-0.3, -0.25) is 9.82 Å². The summed E-state index contributed by atoms with van der Waals surface area (Å²) in [7, 11) is -3.89. The molecule has 0 radical (unpaired) electrons. The van der Waals surface area contributed by atoms with E-state index < -0.39 is 21.8 Å². The number of hydrogen-bond acceptors (Lipinski definition) is 6. The van der Waals surface area contributed by atoms with Gasteiger partial charge in [0.15, 0.2) is 0 Å². The van der Waals surface area contributed by atoms with E-state index in [4.69, 9.17) is 0 Å². The average molecular weight is 494 g/mol. The molecule has 2 aromatic heterocycles. The number of nitrogens with one attached hydrogen (secondary N) is 4. The first kappa shape index (κ1) is 22.7. The fraction of sp³-hybridized carbons (Fsp3) is 0.0952. The van der Waals surface area contributed by atoms with E-state index in [1.54, 1.807) is 6.07 Å². The number of aromatic amines is 1. The molecule has 0 saturated heterocycles. The number of alkyl halides is 3. The summed E-state index contributed by atoms with van der Waals surface area (Å²) in [4.78, 5) is 0.0117. The van der Waals surface area contributed by atoms with Gasteiger partial charge in [0.1, 0.15) is 5.82 Å². The largest absolute Gasteiger partial charge is 0.416 e.